The molecule has 0 saturated heterocycles. The third-order valence-electron chi connectivity index (χ3n) is 3.64. The molecular formula is C9H12Cl2O2. The normalized spacial score (nSPS) is 54.1. The van der Waals surface area contributed by atoms with Gasteiger partial charge in [-0.1, -0.05) is 0 Å². The van der Waals surface area contributed by atoms with Crippen molar-refractivity contribution in [1.82, 2.24) is 0 Å². The lowest BCUT2D eigenvalue weighted by Gasteiger charge is -2.34. The van der Waals surface area contributed by atoms with Crippen LogP contribution in [0.1, 0.15) is 19.8 Å². The minimum atomic E-state index is -0.717. The van der Waals surface area contributed by atoms with Crippen LogP contribution in [0.25, 0.3) is 0 Å². The third-order valence-corrected chi connectivity index (χ3v) is 5.07. The second-order valence-electron chi connectivity index (χ2n) is 4.33. The van der Waals surface area contributed by atoms with E-state index in [9.17, 15) is 4.79 Å². The fourth-order valence-electron chi connectivity index (χ4n) is 2.78. The number of carbonyl (C=O) groups is 1. The van der Waals surface area contributed by atoms with Crippen LogP contribution in [-0.4, -0.2) is 21.3 Å². The van der Waals surface area contributed by atoms with Gasteiger partial charge in [-0.2, -0.15) is 0 Å². The summed E-state index contributed by atoms with van der Waals surface area (Å²) in [6, 6.07) is 0. The van der Waals surface area contributed by atoms with Crippen LogP contribution in [0, 0.1) is 17.8 Å². The highest BCUT2D eigenvalue weighted by molar-refractivity contribution is 6.33. The maximum atomic E-state index is 10.8. The van der Waals surface area contributed by atoms with Crippen molar-refractivity contribution in [3.63, 3.8) is 0 Å². The highest BCUT2D eigenvalue weighted by Crippen LogP contribution is 2.58. The summed E-state index contributed by atoms with van der Waals surface area (Å²) in [6.45, 7) is 1.93. The zero-order valence-corrected chi connectivity index (χ0v) is 8.85. The molecule has 5 atom stereocenters. The van der Waals surface area contributed by atoms with Crippen LogP contribution >= 0.6 is 23.2 Å². The summed E-state index contributed by atoms with van der Waals surface area (Å²) in [5, 5.41) is 8.74. The van der Waals surface area contributed by atoms with Gasteiger partial charge >= 0.3 is 5.97 Å². The van der Waals surface area contributed by atoms with Crippen LogP contribution < -0.4 is 0 Å². The Morgan fingerprint density at radius 3 is 2.54 bits per heavy atom. The van der Waals surface area contributed by atoms with Gasteiger partial charge in [-0.15, -0.1) is 23.2 Å². The number of carboxylic acids is 1. The molecule has 2 rings (SSSR count). The van der Waals surface area contributed by atoms with Crippen molar-refractivity contribution in [2.45, 2.75) is 30.0 Å². The first-order chi connectivity index (χ1) is 5.94. The van der Waals surface area contributed by atoms with E-state index in [0.717, 1.165) is 6.42 Å². The van der Waals surface area contributed by atoms with E-state index in [0.29, 0.717) is 6.42 Å². The number of fused-ring (bicyclic) bond motifs is 2. The molecule has 2 bridgehead atoms. The van der Waals surface area contributed by atoms with E-state index in [1.165, 1.54) is 0 Å². The summed E-state index contributed by atoms with van der Waals surface area (Å²) in [6.07, 6.45) is 1.58. The largest absolute Gasteiger partial charge is 0.481 e. The number of hydrogen-bond donors (Lipinski definition) is 1. The van der Waals surface area contributed by atoms with Gasteiger partial charge in [-0.05, 0) is 31.6 Å². The molecule has 0 aromatic heterocycles. The highest BCUT2D eigenvalue weighted by Gasteiger charge is 2.59. The molecule has 74 valence electrons. The van der Waals surface area contributed by atoms with Gasteiger partial charge in [0, 0.05) is 0 Å². The summed E-state index contributed by atoms with van der Waals surface area (Å²) in [7, 11) is 0. The number of carboxylic acid groups (broad SMARTS) is 1. The van der Waals surface area contributed by atoms with Gasteiger partial charge < -0.3 is 5.11 Å². The fourth-order valence-corrected chi connectivity index (χ4v) is 3.58. The van der Waals surface area contributed by atoms with E-state index in [1.807, 2.05) is 6.92 Å². The Morgan fingerprint density at radius 2 is 2.15 bits per heavy atom. The standard InChI is InChI=1S/C9H12Cl2O2/c1-9(11)4-2-5(7(9)10)6(3-4)8(12)13/h4-7H,2-3H2,1H3,(H,12,13). The smallest absolute Gasteiger partial charge is 0.306 e. The molecule has 2 aliphatic carbocycles. The van der Waals surface area contributed by atoms with Crippen molar-refractivity contribution in [2.75, 3.05) is 0 Å². The molecule has 0 radical (unpaired) electrons. The first-order valence-corrected chi connectivity index (χ1v) is 5.32. The Balaban J connectivity index is 2.22. The molecule has 13 heavy (non-hydrogen) atoms. The molecular weight excluding hydrogens is 211 g/mol. The van der Waals surface area contributed by atoms with Crippen molar-refractivity contribution in [2.24, 2.45) is 17.8 Å². The molecule has 0 spiro atoms. The van der Waals surface area contributed by atoms with Crippen molar-refractivity contribution >= 4 is 29.2 Å². The molecule has 0 aliphatic heterocycles. The molecule has 5 unspecified atom stereocenters. The summed E-state index contributed by atoms with van der Waals surface area (Å²) in [5.74, 6) is -0.626. The average molecular weight is 223 g/mol. The van der Waals surface area contributed by atoms with Gasteiger partial charge in [0.1, 0.15) is 0 Å². The number of rotatable bonds is 1. The van der Waals surface area contributed by atoms with Gasteiger partial charge in [0.25, 0.3) is 0 Å². The number of hydrogen-bond acceptors (Lipinski definition) is 1. The molecule has 0 heterocycles. The van der Waals surface area contributed by atoms with Crippen molar-refractivity contribution in [1.29, 1.82) is 0 Å². The van der Waals surface area contributed by atoms with E-state index in [4.69, 9.17) is 28.3 Å². The third kappa shape index (κ3) is 1.18. The fraction of sp³-hybridized carbons (Fsp3) is 0.889. The topological polar surface area (TPSA) is 37.3 Å². The lowest BCUT2D eigenvalue weighted by Crippen LogP contribution is -2.41. The lowest BCUT2D eigenvalue weighted by molar-refractivity contribution is -0.143. The van der Waals surface area contributed by atoms with Gasteiger partial charge in [-0.3, -0.25) is 4.79 Å². The lowest BCUT2D eigenvalue weighted by atomic mass is 9.82. The van der Waals surface area contributed by atoms with E-state index >= 15 is 0 Å². The van der Waals surface area contributed by atoms with Crippen LogP contribution in [0.3, 0.4) is 0 Å². The van der Waals surface area contributed by atoms with Crippen molar-refractivity contribution in [3.8, 4) is 0 Å². The Morgan fingerprint density at radius 1 is 1.54 bits per heavy atom. The molecule has 2 fully saturated rings. The zero-order chi connectivity index (χ0) is 9.80. The SMILES string of the molecule is CC1(Cl)C2CC(C(=O)O)C(C2)C1Cl. The molecule has 0 aromatic carbocycles. The van der Waals surface area contributed by atoms with Crippen LogP contribution in [0.15, 0.2) is 0 Å². The van der Waals surface area contributed by atoms with Crippen LogP contribution in [-0.2, 0) is 4.79 Å². The van der Waals surface area contributed by atoms with Gasteiger partial charge in [0.2, 0.25) is 0 Å². The minimum Gasteiger partial charge on any atom is -0.481 e. The summed E-state index contributed by atoms with van der Waals surface area (Å²) >= 11 is 12.4. The van der Waals surface area contributed by atoms with Gasteiger partial charge in [0.05, 0.1) is 16.2 Å². The predicted molar refractivity (Wildman–Crippen MR) is 51.2 cm³/mol. The summed E-state index contributed by atoms with van der Waals surface area (Å²) in [4.78, 5) is 10.5. The molecule has 0 amide bonds. The Labute approximate surface area is 87.2 Å². The molecule has 2 nitrogen and oxygen atoms in total. The quantitative estimate of drug-likeness (QED) is 0.692. The maximum Gasteiger partial charge on any atom is 0.306 e. The van der Waals surface area contributed by atoms with Crippen LogP contribution in [0.2, 0.25) is 0 Å². The second-order valence-corrected chi connectivity index (χ2v) is 5.61. The zero-order valence-electron chi connectivity index (χ0n) is 7.34. The Bertz CT molecular complexity index is 248. The molecule has 2 aliphatic rings. The van der Waals surface area contributed by atoms with Crippen molar-refractivity contribution in [3.05, 3.63) is 0 Å². The van der Waals surface area contributed by atoms with E-state index in [-0.39, 0.29) is 23.1 Å². The molecule has 1 N–H and O–H groups in total. The van der Waals surface area contributed by atoms with Crippen LogP contribution in [0.5, 0.6) is 0 Å². The Hall–Kier alpha value is 0.0500. The van der Waals surface area contributed by atoms with E-state index in [2.05, 4.69) is 0 Å². The maximum absolute atomic E-state index is 10.8. The van der Waals surface area contributed by atoms with Crippen molar-refractivity contribution < 1.29 is 9.90 Å². The van der Waals surface area contributed by atoms with Crippen LogP contribution in [0.4, 0.5) is 0 Å². The second kappa shape index (κ2) is 2.77. The monoisotopic (exact) mass is 222 g/mol. The van der Waals surface area contributed by atoms with E-state index < -0.39 is 10.8 Å². The first kappa shape index (κ1) is 9.60. The van der Waals surface area contributed by atoms with Gasteiger partial charge in [0.15, 0.2) is 0 Å². The molecule has 4 heteroatoms. The Kier molecular flexibility index (Phi) is 2.04. The summed E-state index contributed by atoms with van der Waals surface area (Å²) < 4.78 is 0. The molecule has 2 saturated carbocycles. The van der Waals surface area contributed by atoms with Gasteiger partial charge in [-0.25, -0.2) is 0 Å². The average Bonchev–Trinajstić information content (AvgIpc) is 2.52. The highest BCUT2D eigenvalue weighted by atomic mass is 35.5. The minimum absolute atomic E-state index is 0.0756. The number of alkyl halides is 2. The summed E-state index contributed by atoms with van der Waals surface area (Å²) in [5.41, 5.74) is 0. The molecule has 0 aromatic rings. The van der Waals surface area contributed by atoms with E-state index in [1.54, 1.807) is 0 Å². The number of aliphatic carboxylic acids is 1. The predicted octanol–water partition coefficient (Wildman–Crippen LogP) is 2.33. The number of halogens is 2. The first-order valence-electron chi connectivity index (χ1n) is 4.50.